The first-order valence-electron chi connectivity index (χ1n) is 9.59. The maximum atomic E-state index is 12.8. The monoisotopic (exact) mass is 434 g/mol. The maximum absolute atomic E-state index is 12.8. The minimum atomic E-state index is -0.998. The molecule has 3 rings (SSSR count). The van der Waals surface area contributed by atoms with Gasteiger partial charge in [0.15, 0.2) is 0 Å². The van der Waals surface area contributed by atoms with Gasteiger partial charge in [-0.25, -0.2) is 4.79 Å². The number of nitrogens with zero attached hydrogens (tertiary/aromatic N) is 1. The van der Waals surface area contributed by atoms with Gasteiger partial charge in [-0.2, -0.15) is 0 Å². The van der Waals surface area contributed by atoms with Gasteiger partial charge in [0.25, 0.3) is 0 Å². The molecule has 0 unspecified atom stereocenters. The minimum absolute atomic E-state index is 0.0957. The molecule has 7 heteroatoms. The summed E-state index contributed by atoms with van der Waals surface area (Å²) in [5, 5.41) is 14.4. The number of carboxylic acid groups (broad SMARTS) is 1. The van der Waals surface area contributed by atoms with Crippen LogP contribution in [0.15, 0.2) is 48.5 Å². The number of hydrogen-bond acceptors (Lipinski definition) is 3. The molecule has 0 aliphatic carbocycles. The third kappa shape index (κ3) is 4.92. The summed E-state index contributed by atoms with van der Waals surface area (Å²) >= 11 is 12.3. The highest BCUT2D eigenvalue weighted by molar-refractivity contribution is 6.30. The molecule has 5 nitrogen and oxygen atoms in total. The molecule has 0 radical (unpaired) electrons. The molecule has 154 valence electrons. The maximum Gasteiger partial charge on any atom is 0.326 e. The van der Waals surface area contributed by atoms with Gasteiger partial charge in [-0.15, -0.1) is 0 Å². The summed E-state index contributed by atoms with van der Waals surface area (Å²) in [5.74, 6) is -1.17. The van der Waals surface area contributed by atoms with Crippen LogP contribution in [0.25, 0.3) is 0 Å². The molecule has 0 aromatic heterocycles. The lowest BCUT2D eigenvalue weighted by Gasteiger charge is -2.39. The van der Waals surface area contributed by atoms with E-state index in [-0.39, 0.29) is 24.4 Å². The SMILES string of the molecule is CC(C)N[C@H](c1ccc(Cl)cc1)[C@H](c1cccc(Cl)c1)N1C(=O)CC[C@H]1C(=O)O. The van der Waals surface area contributed by atoms with Gasteiger partial charge < -0.3 is 15.3 Å². The Morgan fingerprint density at radius 2 is 1.79 bits per heavy atom. The van der Waals surface area contributed by atoms with Crippen molar-refractivity contribution in [2.75, 3.05) is 0 Å². The molecule has 2 N–H and O–H groups in total. The molecule has 1 heterocycles. The Morgan fingerprint density at radius 3 is 2.38 bits per heavy atom. The summed E-state index contributed by atoms with van der Waals surface area (Å²) in [5.41, 5.74) is 1.70. The second-order valence-corrected chi connectivity index (χ2v) is 8.42. The van der Waals surface area contributed by atoms with Gasteiger partial charge in [-0.1, -0.05) is 61.3 Å². The molecule has 1 amide bonds. The lowest BCUT2D eigenvalue weighted by Crippen LogP contribution is -2.47. The van der Waals surface area contributed by atoms with E-state index in [1.807, 2.05) is 38.1 Å². The van der Waals surface area contributed by atoms with E-state index in [1.54, 1.807) is 24.3 Å². The first kappa shape index (κ1) is 21.6. The van der Waals surface area contributed by atoms with Crippen molar-refractivity contribution in [1.29, 1.82) is 0 Å². The van der Waals surface area contributed by atoms with Crippen LogP contribution in [-0.4, -0.2) is 34.0 Å². The molecule has 1 fully saturated rings. The lowest BCUT2D eigenvalue weighted by atomic mass is 9.90. The Morgan fingerprint density at radius 1 is 1.10 bits per heavy atom. The Hall–Kier alpha value is -2.08. The molecular weight excluding hydrogens is 411 g/mol. The van der Waals surface area contributed by atoms with Crippen LogP contribution in [0, 0.1) is 0 Å². The van der Waals surface area contributed by atoms with Gasteiger partial charge in [0.1, 0.15) is 6.04 Å². The van der Waals surface area contributed by atoms with Crippen LogP contribution < -0.4 is 5.32 Å². The predicted molar refractivity (Wildman–Crippen MR) is 114 cm³/mol. The minimum Gasteiger partial charge on any atom is -0.480 e. The van der Waals surface area contributed by atoms with Crippen molar-refractivity contribution in [1.82, 2.24) is 10.2 Å². The van der Waals surface area contributed by atoms with Gasteiger partial charge in [-0.05, 0) is 41.8 Å². The Bertz CT molecular complexity index is 886. The van der Waals surface area contributed by atoms with E-state index in [1.165, 1.54) is 4.90 Å². The van der Waals surface area contributed by atoms with Gasteiger partial charge in [-0.3, -0.25) is 4.79 Å². The number of nitrogens with one attached hydrogen (secondary N) is 1. The summed E-state index contributed by atoms with van der Waals surface area (Å²) in [7, 11) is 0. The average Bonchev–Trinajstić information content (AvgIpc) is 3.03. The normalized spacial score (nSPS) is 18.9. The fourth-order valence-electron chi connectivity index (χ4n) is 3.90. The van der Waals surface area contributed by atoms with E-state index in [0.717, 1.165) is 11.1 Å². The number of rotatable bonds is 7. The van der Waals surface area contributed by atoms with Gasteiger partial charge in [0.2, 0.25) is 5.91 Å². The number of carboxylic acids is 1. The van der Waals surface area contributed by atoms with Crippen LogP contribution in [0.3, 0.4) is 0 Å². The summed E-state index contributed by atoms with van der Waals surface area (Å²) in [4.78, 5) is 26.3. The zero-order chi connectivity index (χ0) is 21.1. The number of carbonyl (C=O) groups excluding carboxylic acids is 1. The molecule has 1 saturated heterocycles. The second-order valence-electron chi connectivity index (χ2n) is 7.54. The number of hydrogen-bond donors (Lipinski definition) is 2. The highest BCUT2D eigenvalue weighted by atomic mass is 35.5. The summed E-state index contributed by atoms with van der Waals surface area (Å²) in [6, 6.07) is 13.0. The van der Waals surface area contributed by atoms with Crippen LogP contribution in [-0.2, 0) is 9.59 Å². The highest BCUT2D eigenvalue weighted by Crippen LogP contribution is 2.40. The summed E-state index contributed by atoms with van der Waals surface area (Å²) < 4.78 is 0. The number of carbonyl (C=O) groups is 2. The fourth-order valence-corrected chi connectivity index (χ4v) is 4.22. The number of halogens is 2. The highest BCUT2D eigenvalue weighted by Gasteiger charge is 2.44. The van der Waals surface area contributed by atoms with E-state index in [2.05, 4.69) is 5.32 Å². The van der Waals surface area contributed by atoms with E-state index in [4.69, 9.17) is 23.2 Å². The van der Waals surface area contributed by atoms with Crippen LogP contribution in [0.2, 0.25) is 10.0 Å². The summed E-state index contributed by atoms with van der Waals surface area (Å²) in [6.07, 6.45) is 0.503. The number of likely N-dealkylation sites (tertiary alicyclic amines) is 1. The van der Waals surface area contributed by atoms with Crippen molar-refractivity contribution in [2.45, 2.75) is 50.9 Å². The quantitative estimate of drug-likeness (QED) is 0.653. The average molecular weight is 435 g/mol. The van der Waals surface area contributed by atoms with Crippen LogP contribution in [0.5, 0.6) is 0 Å². The molecule has 1 aliphatic heterocycles. The van der Waals surface area contributed by atoms with Crippen molar-refractivity contribution in [3.63, 3.8) is 0 Å². The largest absolute Gasteiger partial charge is 0.480 e. The standard InChI is InChI=1S/C22H24Cl2N2O3/c1-13(2)25-20(14-6-8-16(23)9-7-14)21(15-4-3-5-17(24)12-15)26-18(22(28)29)10-11-19(26)27/h3-9,12-13,18,20-21,25H,10-11H2,1-2H3,(H,28,29)/t18-,20+,21-/m0/s1. The van der Waals surface area contributed by atoms with Gasteiger partial charge in [0, 0.05) is 22.5 Å². The van der Waals surface area contributed by atoms with E-state index >= 15 is 0 Å². The fraction of sp³-hybridized carbons (Fsp3) is 0.364. The molecule has 2 aromatic carbocycles. The van der Waals surface area contributed by atoms with E-state index in [9.17, 15) is 14.7 Å². The zero-order valence-corrected chi connectivity index (χ0v) is 17.8. The first-order chi connectivity index (χ1) is 13.8. The summed E-state index contributed by atoms with van der Waals surface area (Å²) in [6.45, 7) is 4.02. The second kappa shape index (κ2) is 9.16. The van der Waals surface area contributed by atoms with Gasteiger partial charge >= 0.3 is 5.97 Å². The molecule has 0 saturated carbocycles. The van der Waals surface area contributed by atoms with E-state index < -0.39 is 18.1 Å². The molecule has 3 atom stereocenters. The molecule has 0 bridgehead atoms. The third-order valence-electron chi connectivity index (χ3n) is 5.09. The zero-order valence-electron chi connectivity index (χ0n) is 16.3. The van der Waals surface area contributed by atoms with Crippen LogP contribution >= 0.6 is 23.2 Å². The molecule has 29 heavy (non-hydrogen) atoms. The third-order valence-corrected chi connectivity index (χ3v) is 5.58. The van der Waals surface area contributed by atoms with Crippen molar-refractivity contribution < 1.29 is 14.7 Å². The Kier molecular flexibility index (Phi) is 6.83. The molecule has 2 aromatic rings. The molecular formula is C22H24Cl2N2O3. The smallest absolute Gasteiger partial charge is 0.326 e. The van der Waals surface area contributed by atoms with Crippen molar-refractivity contribution in [2.24, 2.45) is 0 Å². The van der Waals surface area contributed by atoms with Crippen molar-refractivity contribution >= 4 is 35.1 Å². The van der Waals surface area contributed by atoms with Crippen molar-refractivity contribution in [3.8, 4) is 0 Å². The Balaban J connectivity index is 2.16. The first-order valence-corrected chi connectivity index (χ1v) is 10.3. The van der Waals surface area contributed by atoms with Crippen LogP contribution in [0.1, 0.15) is 49.9 Å². The topological polar surface area (TPSA) is 69.6 Å². The van der Waals surface area contributed by atoms with Gasteiger partial charge in [0.05, 0.1) is 12.1 Å². The number of amides is 1. The van der Waals surface area contributed by atoms with Crippen molar-refractivity contribution in [3.05, 3.63) is 69.7 Å². The molecule has 1 aliphatic rings. The van der Waals surface area contributed by atoms with E-state index in [0.29, 0.717) is 16.5 Å². The van der Waals surface area contributed by atoms with Crippen LogP contribution in [0.4, 0.5) is 0 Å². The lowest BCUT2D eigenvalue weighted by molar-refractivity contribution is -0.148. The predicted octanol–water partition coefficient (Wildman–Crippen LogP) is 4.85. The number of aliphatic carboxylic acids is 1. The Labute approximate surface area is 180 Å². The number of benzene rings is 2. The molecule has 0 spiro atoms.